The van der Waals surface area contributed by atoms with Crippen LogP contribution in [-0.4, -0.2) is 48.2 Å². The van der Waals surface area contributed by atoms with Crippen LogP contribution >= 0.6 is 0 Å². The zero-order chi connectivity index (χ0) is 32.0. The summed E-state index contributed by atoms with van der Waals surface area (Å²) in [7, 11) is 1.56. The van der Waals surface area contributed by atoms with E-state index in [0.29, 0.717) is 18.6 Å². The first kappa shape index (κ1) is 33.0. The van der Waals surface area contributed by atoms with Crippen LogP contribution in [0.5, 0.6) is 5.75 Å². The Hall–Kier alpha value is -4.86. The first-order valence-electron chi connectivity index (χ1n) is 15.2. The lowest BCUT2D eigenvalue weighted by atomic mass is 9.76. The van der Waals surface area contributed by atoms with E-state index in [-0.39, 0.29) is 25.6 Å². The van der Waals surface area contributed by atoms with E-state index < -0.39 is 41.9 Å². The van der Waals surface area contributed by atoms with Crippen molar-refractivity contribution in [1.29, 1.82) is 0 Å². The number of rotatable bonds is 14. The SMILES string of the molecule is COc1ccc(COC(=O)[C@H](Cc2ccccc2)NC(=O)[C@@H](NC(=O)OCc2ccccc2)C(C(=O)O)C2CCCCC2)cc1. The number of hydrogen-bond donors (Lipinski definition) is 3. The number of nitrogens with one attached hydrogen (secondary N) is 2. The number of amides is 2. The van der Waals surface area contributed by atoms with Gasteiger partial charge in [0, 0.05) is 6.42 Å². The van der Waals surface area contributed by atoms with Crippen molar-refractivity contribution in [3.63, 3.8) is 0 Å². The fraction of sp³-hybridized carbons (Fsp3) is 0.371. The van der Waals surface area contributed by atoms with Crippen molar-refractivity contribution in [3.8, 4) is 5.75 Å². The summed E-state index contributed by atoms with van der Waals surface area (Å²) in [4.78, 5) is 52.9. The molecule has 1 aliphatic rings. The Morgan fingerprint density at radius 3 is 1.93 bits per heavy atom. The van der Waals surface area contributed by atoms with Crippen molar-refractivity contribution in [2.45, 2.75) is 63.8 Å². The Morgan fingerprint density at radius 2 is 1.33 bits per heavy atom. The number of alkyl carbamates (subject to hydrolysis) is 1. The van der Waals surface area contributed by atoms with Crippen LogP contribution in [0.2, 0.25) is 0 Å². The molecule has 1 unspecified atom stereocenters. The summed E-state index contributed by atoms with van der Waals surface area (Å²) < 4.78 is 16.1. The van der Waals surface area contributed by atoms with Crippen LogP contribution in [0, 0.1) is 11.8 Å². The molecular weight excluding hydrogens is 576 g/mol. The maximum Gasteiger partial charge on any atom is 0.408 e. The number of methoxy groups -OCH3 is 1. The van der Waals surface area contributed by atoms with Gasteiger partial charge in [0.25, 0.3) is 0 Å². The second-order valence-corrected chi connectivity index (χ2v) is 11.2. The van der Waals surface area contributed by atoms with Crippen LogP contribution in [0.1, 0.15) is 48.8 Å². The summed E-state index contributed by atoms with van der Waals surface area (Å²) in [6, 6.07) is 22.5. The zero-order valence-electron chi connectivity index (χ0n) is 25.4. The minimum absolute atomic E-state index is 0.0443. The van der Waals surface area contributed by atoms with Crippen LogP contribution in [-0.2, 0) is 43.5 Å². The van der Waals surface area contributed by atoms with E-state index in [1.807, 2.05) is 36.4 Å². The maximum atomic E-state index is 13.9. The van der Waals surface area contributed by atoms with Gasteiger partial charge < -0.3 is 30.0 Å². The highest BCUT2D eigenvalue weighted by Crippen LogP contribution is 2.32. The van der Waals surface area contributed by atoms with Gasteiger partial charge in [-0.05, 0) is 47.6 Å². The van der Waals surface area contributed by atoms with Crippen molar-refractivity contribution < 1.29 is 38.5 Å². The first-order valence-corrected chi connectivity index (χ1v) is 15.2. The number of benzene rings is 3. The lowest BCUT2D eigenvalue weighted by molar-refractivity contribution is -0.151. The van der Waals surface area contributed by atoms with Gasteiger partial charge in [-0.3, -0.25) is 9.59 Å². The Morgan fingerprint density at radius 1 is 0.756 bits per heavy atom. The lowest BCUT2D eigenvalue weighted by Gasteiger charge is -2.33. The topological polar surface area (TPSA) is 140 Å². The lowest BCUT2D eigenvalue weighted by Crippen LogP contribution is -2.58. The molecule has 3 aromatic rings. The van der Waals surface area contributed by atoms with Crippen molar-refractivity contribution in [3.05, 3.63) is 102 Å². The Labute approximate surface area is 263 Å². The monoisotopic (exact) mass is 616 g/mol. The summed E-state index contributed by atoms with van der Waals surface area (Å²) in [6.07, 6.45) is 3.02. The van der Waals surface area contributed by atoms with E-state index >= 15 is 0 Å². The third kappa shape index (κ3) is 10.1. The number of hydrogen-bond acceptors (Lipinski definition) is 7. The summed E-state index contributed by atoms with van der Waals surface area (Å²) in [5, 5.41) is 15.6. The summed E-state index contributed by atoms with van der Waals surface area (Å²) >= 11 is 0. The molecule has 0 heterocycles. The van der Waals surface area contributed by atoms with E-state index in [1.54, 1.807) is 55.6 Å². The molecule has 2 amide bonds. The van der Waals surface area contributed by atoms with Gasteiger partial charge >= 0.3 is 18.0 Å². The molecule has 0 saturated heterocycles. The molecule has 1 saturated carbocycles. The van der Waals surface area contributed by atoms with Gasteiger partial charge in [0.15, 0.2) is 0 Å². The number of ether oxygens (including phenoxy) is 3. The molecule has 3 aromatic carbocycles. The second kappa shape index (κ2) is 16.8. The van der Waals surface area contributed by atoms with Crippen molar-refractivity contribution >= 4 is 23.9 Å². The number of aliphatic carboxylic acids is 1. The highest BCUT2D eigenvalue weighted by Gasteiger charge is 2.42. The molecule has 1 fully saturated rings. The fourth-order valence-electron chi connectivity index (χ4n) is 5.60. The van der Waals surface area contributed by atoms with Gasteiger partial charge in [-0.25, -0.2) is 9.59 Å². The van der Waals surface area contributed by atoms with Crippen LogP contribution < -0.4 is 15.4 Å². The van der Waals surface area contributed by atoms with Crippen LogP contribution in [0.4, 0.5) is 4.79 Å². The summed E-state index contributed by atoms with van der Waals surface area (Å²) in [6.45, 7) is -0.103. The van der Waals surface area contributed by atoms with Crippen molar-refractivity contribution in [2.24, 2.45) is 11.8 Å². The molecule has 10 nitrogen and oxygen atoms in total. The van der Waals surface area contributed by atoms with Crippen LogP contribution in [0.3, 0.4) is 0 Å². The molecule has 45 heavy (non-hydrogen) atoms. The Balaban J connectivity index is 1.54. The second-order valence-electron chi connectivity index (χ2n) is 11.2. The third-order valence-electron chi connectivity index (χ3n) is 7.99. The molecular formula is C35H40N2O8. The number of esters is 1. The van der Waals surface area contributed by atoms with E-state index in [1.165, 1.54) is 0 Å². The molecule has 0 aliphatic heterocycles. The molecule has 1 aliphatic carbocycles. The number of carbonyl (C=O) groups is 4. The van der Waals surface area contributed by atoms with Gasteiger partial charge in [-0.15, -0.1) is 0 Å². The minimum Gasteiger partial charge on any atom is -0.497 e. The number of carboxylic acid groups (broad SMARTS) is 1. The molecule has 0 aromatic heterocycles. The van der Waals surface area contributed by atoms with E-state index in [0.717, 1.165) is 36.0 Å². The predicted molar refractivity (Wildman–Crippen MR) is 166 cm³/mol. The van der Waals surface area contributed by atoms with Gasteiger partial charge in [-0.1, -0.05) is 92.1 Å². The van der Waals surface area contributed by atoms with Gasteiger partial charge in [0.05, 0.1) is 13.0 Å². The van der Waals surface area contributed by atoms with Gasteiger partial charge in [-0.2, -0.15) is 0 Å². The molecule has 3 atom stereocenters. The van der Waals surface area contributed by atoms with Crippen molar-refractivity contribution in [1.82, 2.24) is 10.6 Å². The number of carboxylic acids is 1. The molecule has 10 heteroatoms. The molecule has 4 rings (SSSR count). The van der Waals surface area contributed by atoms with Gasteiger partial charge in [0.2, 0.25) is 5.91 Å². The Bertz CT molecular complexity index is 1390. The van der Waals surface area contributed by atoms with Gasteiger partial charge in [0.1, 0.15) is 31.0 Å². The normalized spacial score (nSPS) is 15.1. The van der Waals surface area contributed by atoms with Crippen LogP contribution in [0.25, 0.3) is 0 Å². The average molecular weight is 617 g/mol. The predicted octanol–water partition coefficient (Wildman–Crippen LogP) is 5.04. The first-order chi connectivity index (χ1) is 21.8. The van der Waals surface area contributed by atoms with Crippen LogP contribution in [0.15, 0.2) is 84.9 Å². The molecule has 0 spiro atoms. The number of carbonyl (C=O) groups excluding carboxylic acids is 3. The van der Waals surface area contributed by atoms with E-state index in [9.17, 15) is 24.3 Å². The molecule has 0 radical (unpaired) electrons. The smallest absolute Gasteiger partial charge is 0.408 e. The molecule has 3 N–H and O–H groups in total. The molecule has 0 bridgehead atoms. The standard InChI is InChI=1S/C35H40N2O8/c1-43-28-19-17-26(18-20-28)22-44-34(41)29(21-24-11-5-2-6-12-24)36-32(38)31(30(33(39)40)27-15-9-4-10-16-27)37-35(42)45-23-25-13-7-3-8-14-25/h2-3,5-8,11-14,17-20,27,29-31H,4,9-10,15-16,21-23H2,1H3,(H,36,38)(H,37,42)(H,39,40)/t29-,30?,31-/m0/s1. The summed E-state index contributed by atoms with van der Waals surface area (Å²) in [5.41, 5.74) is 2.22. The highest BCUT2D eigenvalue weighted by molar-refractivity contribution is 5.93. The molecule has 238 valence electrons. The zero-order valence-corrected chi connectivity index (χ0v) is 25.4. The highest BCUT2D eigenvalue weighted by atomic mass is 16.5. The minimum atomic E-state index is -1.48. The third-order valence-corrected chi connectivity index (χ3v) is 7.99. The quantitative estimate of drug-likeness (QED) is 0.214. The Kier molecular flexibility index (Phi) is 12.4. The average Bonchev–Trinajstić information content (AvgIpc) is 3.07. The van der Waals surface area contributed by atoms with Crippen molar-refractivity contribution in [2.75, 3.05) is 7.11 Å². The van der Waals surface area contributed by atoms with E-state index in [2.05, 4.69) is 10.6 Å². The van der Waals surface area contributed by atoms with E-state index in [4.69, 9.17) is 14.2 Å². The summed E-state index contributed by atoms with van der Waals surface area (Å²) in [5.74, 6) is -3.60. The maximum absolute atomic E-state index is 13.9. The largest absolute Gasteiger partial charge is 0.497 e. The fourth-order valence-corrected chi connectivity index (χ4v) is 5.60.